The third-order valence-electron chi connectivity index (χ3n) is 6.21. The lowest BCUT2D eigenvalue weighted by atomic mass is 9.78. The number of rotatable bonds is 7. The number of aryl methyl sites for hydroxylation is 2. The first kappa shape index (κ1) is 24.2. The van der Waals surface area contributed by atoms with Crippen LogP contribution < -0.4 is 10.1 Å². The molecule has 1 saturated heterocycles. The molecule has 2 aromatic carbocycles. The lowest BCUT2D eigenvalue weighted by Gasteiger charge is -2.41. The fraction of sp³-hybridized carbons (Fsp3) is 0.333. The minimum atomic E-state index is -1.55. The van der Waals surface area contributed by atoms with Crippen LogP contribution in [-0.2, 0) is 10.3 Å². The van der Waals surface area contributed by atoms with Crippen LogP contribution in [0.3, 0.4) is 0 Å². The molecule has 1 unspecified atom stereocenters. The fourth-order valence-electron chi connectivity index (χ4n) is 4.60. The van der Waals surface area contributed by atoms with E-state index in [9.17, 15) is 14.7 Å². The number of nitrogens with one attached hydrogen (secondary N) is 1. The molecule has 3 aromatic rings. The third-order valence-corrected chi connectivity index (χ3v) is 6.21. The normalized spacial score (nSPS) is 14.7. The number of amides is 2. The maximum absolute atomic E-state index is 13.6. The number of ether oxygens (including phenoxy) is 1. The van der Waals surface area contributed by atoms with E-state index >= 15 is 0 Å². The molecule has 1 aliphatic heterocycles. The van der Waals surface area contributed by atoms with Gasteiger partial charge in [0.05, 0.1) is 0 Å². The molecule has 1 aromatic heterocycles. The van der Waals surface area contributed by atoms with E-state index in [2.05, 4.69) is 15.3 Å². The third kappa shape index (κ3) is 5.26. The van der Waals surface area contributed by atoms with E-state index in [1.807, 2.05) is 36.4 Å². The lowest BCUT2D eigenvalue weighted by Crippen LogP contribution is -2.62. The van der Waals surface area contributed by atoms with Crippen LogP contribution in [-0.4, -0.2) is 51.2 Å². The van der Waals surface area contributed by atoms with E-state index in [4.69, 9.17) is 4.74 Å². The van der Waals surface area contributed by atoms with Crippen molar-refractivity contribution >= 4 is 12.0 Å². The highest BCUT2D eigenvalue weighted by atomic mass is 16.5. The topological polar surface area (TPSA) is 105 Å². The predicted molar refractivity (Wildman–Crippen MR) is 131 cm³/mol. The summed E-state index contributed by atoms with van der Waals surface area (Å²) < 4.78 is 6.05. The van der Waals surface area contributed by atoms with Crippen molar-refractivity contribution in [3.05, 3.63) is 89.2 Å². The van der Waals surface area contributed by atoms with Gasteiger partial charge in [-0.15, -0.1) is 0 Å². The van der Waals surface area contributed by atoms with Crippen LogP contribution in [0.25, 0.3) is 0 Å². The number of piperidine rings is 1. The van der Waals surface area contributed by atoms with E-state index < -0.39 is 17.6 Å². The number of hydrogen-bond donors (Lipinski definition) is 2. The van der Waals surface area contributed by atoms with E-state index in [0.29, 0.717) is 35.6 Å². The molecule has 0 radical (unpaired) electrons. The zero-order valence-electron chi connectivity index (χ0n) is 20.0. The standard InChI is InChI=1S/C27H30N4O4/c1-19-18-20(2)29-25(28-19)35-23(24(32)33)27(21-12-6-3-7-13-21,22-14-8-4-9-15-22)30-26(34)31-16-10-5-11-17-31/h3-4,6-9,12-15,18,23H,5,10-11,16-17H2,1-2H3,(H,30,34)(H,32,33). The molecule has 2 amide bonds. The number of carboxylic acids is 1. The Morgan fingerprint density at radius 2 is 1.43 bits per heavy atom. The van der Waals surface area contributed by atoms with Gasteiger partial charge in [-0.3, -0.25) is 0 Å². The van der Waals surface area contributed by atoms with Gasteiger partial charge < -0.3 is 20.1 Å². The molecule has 2 N–H and O–H groups in total. The van der Waals surface area contributed by atoms with Gasteiger partial charge in [-0.1, -0.05) is 60.7 Å². The van der Waals surface area contributed by atoms with Gasteiger partial charge in [0.2, 0.25) is 6.10 Å². The quantitative estimate of drug-likeness (QED) is 0.535. The number of carbonyl (C=O) groups is 2. The average molecular weight is 475 g/mol. The largest absolute Gasteiger partial charge is 0.478 e. The van der Waals surface area contributed by atoms with Gasteiger partial charge in [-0.2, -0.15) is 0 Å². The van der Waals surface area contributed by atoms with Gasteiger partial charge >= 0.3 is 18.0 Å². The van der Waals surface area contributed by atoms with Crippen LogP contribution in [0.1, 0.15) is 41.8 Å². The molecule has 2 heterocycles. The summed E-state index contributed by atoms with van der Waals surface area (Å²) in [7, 11) is 0. The summed E-state index contributed by atoms with van der Waals surface area (Å²) in [5.41, 5.74) is 0.906. The first-order valence-corrected chi connectivity index (χ1v) is 11.8. The second-order valence-electron chi connectivity index (χ2n) is 8.79. The maximum Gasteiger partial charge on any atom is 0.348 e. The van der Waals surface area contributed by atoms with Gasteiger partial charge in [-0.05, 0) is 50.3 Å². The summed E-state index contributed by atoms with van der Waals surface area (Å²) in [6.07, 6.45) is 1.33. The van der Waals surface area contributed by atoms with Crippen molar-refractivity contribution in [3.8, 4) is 6.01 Å². The summed E-state index contributed by atoms with van der Waals surface area (Å²) in [6.45, 7) is 4.81. The number of hydrogen-bond acceptors (Lipinski definition) is 5. The van der Waals surface area contributed by atoms with E-state index in [1.54, 1.807) is 49.1 Å². The van der Waals surface area contributed by atoms with Gasteiger partial charge in [-0.25, -0.2) is 19.6 Å². The van der Waals surface area contributed by atoms with Gasteiger partial charge in [0.1, 0.15) is 5.54 Å². The van der Waals surface area contributed by atoms with Crippen molar-refractivity contribution in [3.63, 3.8) is 0 Å². The monoisotopic (exact) mass is 474 g/mol. The molecular formula is C27H30N4O4. The number of likely N-dealkylation sites (tertiary alicyclic amines) is 1. The molecule has 1 fully saturated rings. The van der Waals surface area contributed by atoms with Gasteiger partial charge in [0.25, 0.3) is 0 Å². The number of aromatic nitrogens is 2. The second kappa shape index (κ2) is 10.5. The Kier molecular flexibility index (Phi) is 7.29. The van der Waals surface area contributed by atoms with Crippen molar-refractivity contribution in [2.75, 3.05) is 13.1 Å². The second-order valence-corrected chi connectivity index (χ2v) is 8.79. The SMILES string of the molecule is Cc1cc(C)nc(OC(C(=O)O)C(NC(=O)N2CCCCC2)(c2ccccc2)c2ccccc2)n1. The highest BCUT2D eigenvalue weighted by Gasteiger charge is 2.50. The van der Waals surface area contributed by atoms with Crippen LogP contribution in [0, 0.1) is 13.8 Å². The Bertz CT molecular complexity index is 1100. The number of carboxylic acid groups (broad SMARTS) is 1. The minimum Gasteiger partial charge on any atom is -0.478 e. The van der Waals surface area contributed by atoms with Crippen LogP contribution in [0.4, 0.5) is 4.79 Å². The summed E-state index contributed by atoms with van der Waals surface area (Å²) in [5, 5.41) is 13.6. The number of benzene rings is 2. The molecule has 0 saturated carbocycles. The fourth-order valence-corrected chi connectivity index (χ4v) is 4.60. The maximum atomic E-state index is 13.6. The van der Waals surface area contributed by atoms with Crippen LogP contribution in [0.15, 0.2) is 66.7 Å². The molecule has 4 rings (SSSR count). The lowest BCUT2D eigenvalue weighted by molar-refractivity contribution is -0.149. The Balaban J connectivity index is 1.89. The van der Waals surface area contributed by atoms with Crippen molar-refractivity contribution in [1.29, 1.82) is 0 Å². The number of nitrogens with zero attached hydrogens (tertiary/aromatic N) is 3. The first-order valence-electron chi connectivity index (χ1n) is 11.8. The molecule has 0 bridgehead atoms. The Hall–Kier alpha value is -3.94. The Morgan fingerprint density at radius 3 is 1.91 bits per heavy atom. The van der Waals surface area contributed by atoms with Crippen molar-refractivity contribution < 1.29 is 19.4 Å². The number of urea groups is 1. The molecule has 0 aliphatic carbocycles. The van der Waals surface area contributed by atoms with Gasteiger partial charge in [0.15, 0.2) is 0 Å². The van der Waals surface area contributed by atoms with E-state index in [-0.39, 0.29) is 12.0 Å². The predicted octanol–water partition coefficient (Wildman–Crippen LogP) is 4.06. The zero-order valence-corrected chi connectivity index (χ0v) is 20.0. The van der Waals surface area contributed by atoms with E-state index in [1.165, 1.54) is 0 Å². The summed E-state index contributed by atoms with van der Waals surface area (Å²) >= 11 is 0. The Labute approximate surface area is 205 Å². The molecular weight excluding hydrogens is 444 g/mol. The van der Waals surface area contributed by atoms with Crippen molar-refractivity contribution in [1.82, 2.24) is 20.2 Å². The zero-order chi connectivity index (χ0) is 24.8. The minimum absolute atomic E-state index is 0.0571. The van der Waals surface area contributed by atoms with Crippen LogP contribution >= 0.6 is 0 Å². The Morgan fingerprint density at radius 1 is 0.914 bits per heavy atom. The molecule has 1 atom stereocenters. The molecule has 1 aliphatic rings. The molecule has 0 spiro atoms. The number of aliphatic carboxylic acids is 1. The van der Waals surface area contributed by atoms with Crippen molar-refractivity contribution in [2.45, 2.75) is 44.8 Å². The van der Waals surface area contributed by atoms with Crippen molar-refractivity contribution in [2.24, 2.45) is 0 Å². The number of carbonyl (C=O) groups excluding carboxylic acids is 1. The van der Waals surface area contributed by atoms with Crippen LogP contribution in [0.2, 0.25) is 0 Å². The summed E-state index contributed by atoms with van der Waals surface area (Å²) in [6, 6.07) is 19.5. The highest BCUT2D eigenvalue weighted by molar-refractivity contribution is 5.82. The smallest absolute Gasteiger partial charge is 0.348 e. The molecule has 8 heteroatoms. The van der Waals surface area contributed by atoms with Crippen LogP contribution in [0.5, 0.6) is 6.01 Å². The van der Waals surface area contributed by atoms with E-state index in [0.717, 1.165) is 19.3 Å². The average Bonchev–Trinajstić information content (AvgIpc) is 2.87. The highest BCUT2D eigenvalue weighted by Crippen LogP contribution is 2.36. The first-order chi connectivity index (χ1) is 16.9. The van der Waals surface area contributed by atoms with Gasteiger partial charge in [0, 0.05) is 24.5 Å². The summed E-state index contributed by atoms with van der Waals surface area (Å²) in [4.78, 5) is 36.8. The molecule has 8 nitrogen and oxygen atoms in total. The molecule has 35 heavy (non-hydrogen) atoms. The summed E-state index contributed by atoms with van der Waals surface area (Å²) in [5.74, 6) is -1.25. The molecule has 182 valence electrons.